The zero-order valence-electron chi connectivity index (χ0n) is 17.0. The summed E-state index contributed by atoms with van der Waals surface area (Å²) in [7, 11) is 0. The van der Waals surface area contributed by atoms with E-state index in [9.17, 15) is 0 Å². The third-order valence-corrected chi connectivity index (χ3v) is 6.34. The van der Waals surface area contributed by atoms with Crippen molar-refractivity contribution in [3.63, 3.8) is 0 Å². The number of likely N-dealkylation sites (N-methyl/N-ethyl adjacent to an activating group) is 1. The number of para-hydroxylation sites is 1. The van der Waals surface area contributed by atoms with Gasteiger partial charge in [-0.05, 0) is 37.2 Å². The highest BCUT2D eigenvalue weighted by Crippen LogP contribution is 2.30. The van der Waals surface area contributed by atoms with Gasteiger partial charge in [-0.3, -0.25) is 9.88 Å². The molecule has 1 atom stereocenters. The fourth-order valence-electron chi connectivity index (χ4n) is 4.60. The van der Waals surface area contributed by atoms with Crippen LogP contribution in [0.4, 0.5) is 5.82 Å². The SMILES string of the molecule is CCN1CCN(C2CCN(c3nc(-c4cccnc4)nc4ccccc34)C2)CC1. The Morgan fingerprint density at radius 3 is 2.62 bits per heavy atom. The lowest BCUT2D eigenvalue weighted by atomic mass is 10.2. The molecule has 1 unspecified atom stereocenters. The van der Waals surface area contributed by atoms with Gasteiger partial charge in [-0.1, -0.05) is 19.1 Å². The Bertz CT molecular complexity index is 968. The molecule has 0 radical (unpaired) electrons. The summed E-state index contributed by atoms with van der Waals surface area (Å²) >= 11 is 0. The van der Waals surface area contributed by atoms with Crippen LogP contribution < -0.4 is 4.90 Å². The van der Waals surface area contributed by atoms with Gasteiger partial charge in [-0.2, -0.15) is 0 Å². The number of hydrogen-bond donors (Lipinski definition) is 0. The molecule has 2 aliphatic heterocycles. The quantitative estimate of drug-likeness (QED) is 0.685. The van der Waals surface area contributed by atoms with Gasteiger partial charge in [0, 0.05) is 68.7 Å². The molecular weight excluding hydrogens is 360 g/mol. The summed E-state index contributed by atoms with van der Waals surface area (Å²) in [6.45, 7) is 10.2. The van der Waals surface area contributed by atoms with Crippen LogP contribution in [0.2, 0.25) is 0 Å². The van der Waals surface area contributed by atoms with E-state index in [1.165, 1.54) is 32.6 Å². The summed E-state index contributed by atoms with van der Waals surface area (Å²) < 4.78 is 0. The van der Waals surface area contributed by atoms with Crippen molar-refractivity contribution >= 4 is 16.7 Å². The minimum atomic E-state index is 0.615. The van der Waals surface area contributed by atoms with Crippen LogP contribution in [0.3, 0.4) is 0 Å². The first kappa shape index (κ1) is 18.5. The van der Waals surface area contributed by atoms with E-state index in [0.717, 1.165) is 47.7 Å². The number of pyridine rings is 1. The number of fused-ring (bicyclic) bond motifs is 1. The summed E-state index contributed by atoms with van der Waals surface area (Å²) in [5.74, 6) is 1.82. The lowest BCUT2D eigenvalue weighted by molar-refractivity contribution is 0.107. The normalized spacial score (nSPS) is 21.1. The molecule has 4 heterocycles. The third-order valence-electron chi connectivity index (χ3n) is 6.34. The number of anilines is 1. The molecule has 3 aromatic rings. The second kappa shape index (κ2) is 8.05. The zero-order chi connectivity index (χ0) is 19.6. The van der Waals surface area contributed by atoms with Crippen molar-refractivity contribution in [1.29, 1.82) is 0 Å². The van der Waals surface area contributed by atoms with E-state index in [-0.39, 0.29) is 0 Å². The monoisotopic (exact) mass is 388 g/mol. The summed E-state index contributed by atoms with van der Waals surface area (Å²) in [5, 5.41) is 1.14. The molecule has 2 fully saturated rings. The van der Waals surface area contributed by atoms with Crippen LogP contribution in [0.15, 0.2) is 48.8 Å². The summed E-state index contributed by atoms with van der Waals surface area (Å²) in [5.41, 5.74) is 1.96. The van der Waals surface area contributed by atoms with E-state index in [2.05, 4.69) is 44.8 Å². The van der Waals surface area contributed by atoms with Crippen molar-refractivity contribution in [3.05, 3.63) is 48.8 Å². The Labute approximate surface area is 172 Å². The molecule has 0 bridgehead atoms. The maximum absolute atomic E-state index is 5.01. The van der Waals surface area contributed by atoms with Crippen LogP contribution in [0.5, 0.6) is 0 Å². The molecule has 6 heteroatoms. The molecule has 1 aromatic carbocycles. The first-order chi connectivity index (χ1) is 14.3. The predicted octanol–water partition coefficient (Wildman–Crippen LogP) is 2.91. The highest BCUT2D eigenvalue weighted by atomic mass is 15.3. The Kier molecular flexibility index (Phi) is 5.12. The van der Waals surface area contributed by atoms with Gasteiger partial charge in [0.15, 0.2) is 5.82 Å². The second-order valence-corrected chi connectivity index (χ2v) is 7.99. The predicted molar refractivity (Wildman–Crippen MR) is 117 cm³/mol. The number of rotatable bonds is 4. The van der Waals surface area contributed by atoms with Crippen LogP contribution in [-0.2, 0) is 0 Å². The highest BCUT2D eigenvalue weighted by Gasteiger charge is 2.31. The van der Waals surface area contributed by atoms with Crippen LogP contribution in [0.1, 0.15) is 13.3 Å². The zero-order valence-corrected chi connectivity index (χ0v) is 17.0. The molecule has 2 aliphatic rings. The summed E-state index contributed by atoms with van der Waals surface area (Å²) in [6.07, 6.45) is 4.83. The lowest BCUT2D eigenvalue weighted by Gasteiger charge is -2.37. The van der Waals surface area contributed by atoms with Crippen LogP contribution >= 0.6 is 0 Å². The van der Waals surface area contributed by atoms with E-state index in [1.54, 1.807) is 6.20 Å². The maximum atomic E-state index is 5.01. The smallest absolute Gasteiger partial charge is 0.163 e. The first-order valence-electron chi connectivity index (χ1n) is 10.7. The third kappa shape index (κ3) is 3.70. The molecule has 2 saturated heterocycles. The number of benzene rings is 1. The molecule has 0 aliphatic carbocycles. The molecule has 0 spiro atoms. The van der Waals surface area contributed by atoms with E-state index < -0.39 is 0 Å². The number of hydrogen-bond acceptors (Lipinski definition) is 6. The van der Waals surface area contributed by atoms with Crippen LogP contribution in [0.25, 0.3) is 22.3 Å². The fourth-order valence-corrected chi connectivity index (χ4v) is 4.60. The Morgan fingerprint density at radius 1 is 0.966 bits per heavy atom. The van der Waals surface area contributed by atoms with E-state index in [1.807, 2.05) is 24.4 Å². The van der Waals surface area contributed by atoms with E-state index in [4.69, 9.17) is 9.97 Å². The van der Waals surface area contributed by atoms with Crippen molar-refractivity contribution in [2.24, 2.45) is 0 Å². The average Bonchev–Trinajstić information content (AvgIpc) is 3.29. The highest BCUT2D eigenvalue weighted by molar-refractivity contribution is 5.91. The molecule has 150 valence electrons. The number of aromatic nitrogens is 3. The molecule has 6 nitrogen and oxygen atoms in total. The van der Waals surface area contributed by atoms with Crippen LogP contribution in [0, 0.1) is 0 Å². The molecule has 0 amide bonds. The van der Waals surface area contributed by atoms with Gasteiger partial charge in [-0.25, -0.2) is 9.97 Å². The molecule has 0 saturated carbocycles. The van der Waals surface area contributed by atoms with Gasteiger partial charge < -0.3 is 9.80 Å². The van der Waals surface area contributed by atoms with Gasteiger partial charge in [0.25, 0.3) is 0 Å². The Morgan fingerprint density at radius 2 is 1.83 bits per heavy atom. The van der Waals surface area contributed by atoms with Crippen molar-refractivity contribution in [2.75, 3.05) is 50.7 Å². The van der Waals surface area contributed by atoms with Gasteiger partial charge in [-0.15, -0.1) is 0 Å². The first-order valence-corrected chi connectivity index (χ1v) is 10.7. The largest absolute Gasteiger partial charge is 0.354 e. The molecule has 29 heavy (non-hydrogen) atoms. The number of nitrogens with zero attached hydrogens (tertiary/aromatic N) is 6. The average molecular weight is 389 g/mol. The maximum Gasteiger partial charge on any atom is 0.163 e. The van der Waals surface area contributed by atoms with Crippen molar-refractivity contribution < 1.29 is 0 Å². The van der Waals surface area contributed by atoms with Crippen LogP contribution in [-0.4, -0.2) is 76.6 Å². The van der Waals surface area contributed by atoms with Crippen molar-refractivity contribution in [1.82, 2.24) is 24.8 Å². The van der Waals surface area contributed by atoms with E-state index >= 15 is 0 Å². The van der Waals surface area contributed by atoms with Gasteiger partial charge >= 0.3 is 0 Å². The molecular formula is C23H28N6. The fraction of sp³-hybridized carbons (Fsp3) is 0.435. The topological polar surface area (TPSA) is 48.4 Å². The minimum absolute atomic E-state index is 0.615. The van der Waals surface area contributed by atoms with Gasteiger partial charge in [0.2, 0.25) is 0 Å². The Hall–Kier alpha value is -2.57. The lowest BCUT2D eigenvalue weighted by Crippen LogP contribution is -2.50. The second-order valence-electron chi connectivity index (χ2n) is 7.99. The van der Waals surface area contributed by atoms with Crippen molar-refractivity contribution in [3.8, 4) is 11.4 Å². The van der Waals surface area contributed by atoms with Gasteiger partial charge in [0.05, 0.1) is 5.52 Å². The minimum Gasteiger partial charge on any atom is -0.354 e. The van der Waals surface area contributed by atoms with Crippen molar-refractivity contribution in [2.45, 2.75) is 19.4 Å². The summed E-state index contributed by atoms with van der Waals surface area (Å²) in [4.78, 5) is 21.7. The van der Waals surface area contributed by atoms with Gasteiger partial charge in [0.1, 0.15) is 5.82 Å². The molecule has 2 aromatic heterocycles. The summed E-state index contributed by atoms with van der Waals surface area (Å²) in [6, 6.07) is 12.9. The van der Waals surface area contributed by atoms with E-state index in [0.29, 0.717) is 6.04 Å². The standard InChI is InChI=1S/C23H28N6/c1-2-27-12-14-28(15-13-27)19-9-11-29(17-19)23-20-7-3-4-8-21(20)25-22(26-23)18-6-5-10-24-16-18/h3-8,10,16,19H,2,9,11-15,17H2,1H3. The molecule has 0 N–H and O–H groups in total. The Balaban J connectivity index is 1.43. The molecule has 5 rings (SSSR count). The number of piperazine rings is 1.